The molecule has 0 aliphatic heterocycles. The summed E-state index contributed by atoms with van der Waals surface area (Å²) in [7, 11) is 0. The number of nitrogens with two attached hydrogens (primary N) is 1. The lowest BCUT2D eigenvalue weighted by atomic mass is 9.92. The number of benzene rings is 1. The van der Waals surface area contributed by atoms with E-state index in [-0.39, 0.29) is 11.7 Å². The highest BCUT2D eigenvalue weighted by molar-refractivity contribution is 7.10. The lowest BCUT2D eigenvalue weighted by Crippen LogP contribution is -2.21. The van der Waals surface area contributed by atoms with Crippen molar-refractivity contribution in [1.82, 2.24) is 0 Å². The first-order valence-corrected chi connectivity index (χ1v) is 6.44. The van der Waals surface area contributed by atoms with Crippen LogP contribution >= 0.6 is 11.3 Å². The zero-order chi connectivity index (χ0) is 12.3. The summed E-state index contributed by atoms with van der Waals surface area (Å²) in [5.41, 5.74) is 7.49. The molecule has 0 amide bonds. The molecule has 1 unspecified atom stereocenters. The molecule has 1 atom stereocenters. The van der Waals surface area contributed by atoms with E-state index < -0.39 is 0 Å². The molecule has 88 valence electrons. The monoisotopic (exact) mass is 245 g/mol. The van der Waals surface area contributed by atoms with Crippen molar-refractivity contribution in [1.29, 1.82) is 0 Å². The average molecular weight is 245 g/mol. The molecule has 17 heavy (non-hydrogen) atoms. The van der Waals surface area contributed by atoms with Gasteiger partial charge >= 0.3 is 0 Å². The van der Waals surface area contributed by atoms with E-state index in [2.05, 4.69) is 0 Å². The fourth-order valence-corrected chi connectivity index (χ4v) is 2.55. The van der Waals surface area contributed by atoms with E-state index in [4.69, 9.17) is 5.73 Å². The Hall–Kier alpha value is -1.45. The number of hydrogen-bond acceptors (Lipinski definition) is 3. The molecule has 0 spiro atoms. The summed E-state index contributed by atoms with van der Waals surface area (Å²) >= 11 is 1.59. The van der Waals surface area contributed by atoms with Gasteiger partial charge in [-0.05, 0) is 18.6 Å². The SMILES string of the molecule is Cc1cc(C(=O)C(CN)c2ccccc2)cs1. The average Bonchev–Trinajstić information content (AvgIpc) is 2.78. The van der Waals surface area contributed by atoms with Crippen LogP contribution in [0.2, 0.25) is 0 Å². The fourth-order valence-electron chi connectivity index (χ4n) is 1.85. The Morgan fingerprint density at radius 1 is 1.35 bits per heavy atom. The summed E-state index contributed by atoms with van der Waals surface area (Å²) in [5, 5.41) is 1.91. The number of rotatable bonds is 4. The minimum absolute atomic E-state index is 0.114. The molecule has 0 saturated heterocycles. The second-order valence-corrected chi connectivity index (χ2v) is 5.12. The van der Waals surface area contributed by atoms with Crippen LogP contribution in [0.15, 0.2) is 41.8 Å². The van der Waals surface area contributed by atoms with E-state index in [1.165, 1.54) is 0 Å². The first-order valence-electron chi connectivity index (χ1n) is 5.56. The van der Waals surface area contributed by atoms with Gasteiger partial charge in [0, 0.05) is 22.4 Å². The summed E-state index contributed by atoms with van der Waals surface area (Å²) in [6, 6.07) is 11.6. The minimum atomic E-state index is -0.231. The number of carbonyl (C=O) groups excluding carboxylic acids is 1. The van der Waals surface area contributed by atoms with Crippen LogP contribution in [0.4, 0.5) is 0 Å². The van der Waals surface area contributed by atoms with Crippen LogP contribution in [0.1, 0.15) is 26.7 Å². The number of thiophene rings is 1. The predicted molar refractivity (Wildman–Crippen MR) is 71.6 cm³/mol. The molecule has 1 aromatic carbocycles. The van der Waals surface area contributed by atoms with E-state index in [0.717, 1.165) is 16.0 Å². The fraction of sp³-hybridized carbons (Fsp3) is 0.214. The molecule has 0 aliphatic rings. The molecule has 0 bridgehead atoms. The zero-order valence-corrected chi connectivity index (χ0v) is 10.5. The molecule has 2 aromatic rings. The van der Waals surface area contributed by atoms with Gasteiger partial charge in [0.1, 0.15) is 0 Å². The molecule has 2 N–H and O–H groups in total. The molecule has 1 aromatic heterocycles. The number of aryl methyl sites for hydroxylation is 1. The van der Waals surface area contributed by atoms with Gasteiger partial charge in [-0.2, -0.15) is 0 Å². The van der Waals surface area contributed by atoms with Crippen molar-refractivity contribution in [2.45, 2.75) is 12.8 Å². The first-order chi connectivity index (χ1) is 8.22. The molecule has 0 fully saturated rings. The van der Waals surface area contributed by atoms with Crippen LogP contribution in [-0.4, -0.2) is 12.3 Å². The van der Waals surface area contributed by atoms with Crippen LogP contribution in [0.3, 0.4) is 0 Å². The summed E-state index contributed by atoms with van der Waals surface area (Å²) in [6.07, 6.45) is 0. The lowest BCUT2D eigenvalue weighted by molar-refractivity contribution is 0.0963. The van der Waals surface area contributed by atoms with E-state index in [1.54, 1.807) is 11.3 Å². The van der Waals surface area contributed by atoms with E-state index in [0.29, 0.717) is 6.54 Å². The topological polar surface area (TPSA) is 43.1 Å². The Balaban J connectivity index is 2.28. The Bertz CT molecular complexity index is 504. The van der Waals surface area contributed by atoms with Crippen LogP contribution in [0, 0.1) is 6.92 Å². The van der Waals surface area contributed by atoms with Gasteiger partial charge in [-0.1, -0.05) is 30.3 Å². The highest BCUT2D eigenvalue weighted by atomic mass is 32.1. The summed E-state index contributed by atoms with van der Waals surface area (Å²) in [5.74, 6) is -0.117. The van der Waals surface area contributed by atoms with Crippen LogP contribution in [0.5, 0.6) is 0 Å². The maximum Gasteiger partial charge on any atom is 0.172 e. The standard InChI is InChI=1S/C14H15NOS/c1-10-7-12(9-17-10)14(16)13(8-15)11-5-3-2-4-6-11/h2-7,9,13H,8,15H2,1H3. The highest BCUT2D eigenvalue weighted by Gasteiger charge is 2.20. The van der Waals surface area contributed by atoms with Gasteiger partial charge in [0.15, 0.2) is 5.78 Å². The Morgan fingerprint density at radius 3 is 2.59 bits per heavy atom. The van der Waals surface area contributed by atoms with Gasteiger partial charge in [0.2, 0.25) is 0 Å². The van der Waals surface area contributed by atoms with E-state index in [9.17, 15) is 4.79 Å². The molecule has 2 rings (SSSR count). The zero-order valence-electron chi connectivity index (χ0n) is 9.72. The van der Waals surface area contributed by atoms with Gasteiger partial charge in [-0.25, -0.2) is 0 Å². The molecule has 3 heteroatoms. The van der Waals surface area contributed by atoms with Crippen LogP contribution in [-0.2, 0) is 0 Å². The van der Waals surface area contributed by atoms with Gasteiger partial charge in [-0.15, -0.1) is 11.3 Å². The summed E-state index contributed by atoms with van der Waals surface area (Å²) in [4.78, 5) is 13.5. The Kier molecular flexibility index (Phi) is 3.71. The lowest BCUT2D eigenvalue weighted by Gasteiger charge is -2.12. The number of Topliss-reactive ketones (excluding diaryl/α,β-unsaturated/α-hetero) is 1. The van der Waals surface area contributed by atoms with Crippen LogP contribution < -0.4 is 5.73 Å². The van der Waals surface area contributed by atoms with Crippen molar-refractivity contribution in [2.75, 3.05) is 6.54 Å². The third-order valence-electron chi connectivity index (χ3n) is 2.77. The Labute approximate surface area is 105 Å². The van der Waals surface area contributed by atoms with Crippen molar-refractivity contribution >= 4 is 17.1 Å². The molecular formula is C14H15NOS. The number of ketones is 1. The minimum Gasteiger partial charge on any atom is -0.329 e. The Morgan fingerprint density at radius 2 is 2.06 bits per heavy atom. The normalized spacial score (nSPS) is 12.4. The van der Waals surface area contributed by atoms with Crippen molar-refractivity contribution in [3.05, 3.63) is 57.8 Å². The largest absolute Gasteiger partial charge is 0.329 e. The molecule has 0 aliphatic carbocycles. The molecule has 0 radical (unpaired) electrons. The van der Waals surface area contributed by atoms with Crippen molar-refractivity contribution in [2.24, 2.45) is 5.73 Å². The van der Waals surface area contributed by atoms with Crippen molar-refractivity contribution in [3.63, 3.8) is 0 Å². The second kappa shape index (κ2) is 5.25. The smallest absolute Gasteiger partial charge is 0.172 e. The molecule has 1 heterocycles. The quantitative estimate of drug-likeness (QED) is 0.841. The first kappa shape index (κ1) is 12.0. The number of hydrogen-bond donors (Lipinski definition) is 1. The number of carbonyl (C=O) groups is 1. The van der Waals surface area contributed by atoms with Gasteiger partial charge < -0.3 is 5.73 Å². The third kappa shape index (κ3) is 2.62. The third-order valence-corrected chi connectivity index (χ3v) is 3.63. The van der Waals surface area contributed by atoms with Gasteiger partial charge in [-0.3, -0.25) is 4.79 Å². The molecule has 0 saturated carbocycles. The van der Waals surface area contributed by atoms with E-state index in [1.807, 2.05) is 48.7 Å². The second-order valence-electron chi connectivity index (χ2n) is 4.01. The van der Waals surface area contributed by atoms with E-state index >= 15 is 0 Å². The predicted octanol–water partition coefficient (Wildman–Crippen LogP) is 2.98. The van der Waals surface area contributed by atoms with Crippen molar-refractivity contribution < 1.29 is 4.79 Å². The summed E-state index contributed by atoms with van der Waals surface area (Å²) < 4.78 is 0. The van der Waals surface area contributed by atoms with Gasteiger partial charge in [0.05, 0.1) is 5.92 Å². The van der Waals surface area contributed by atoms with Crippen LogP contribution in [0.25, 0.3) is 0 Å². The maximum absolute atomic E-state index is 12.3. The summed E-state index contributed by atoms with van der Waals surface area (Å²) in [6.45, 7) is 2.35. The molecular weight excluding hydrogens is 230 g/mol. The maximum atomic E-state index is 12.3. The molecule has 2 nitrogen and oxygen atoms in total. The highest BCUT2D eigenvalue weighted by Crippen LogP contribution is 2.23. The van der Waals surface area contributed by atoms with Crippen molar-refractivity contribution in [3.8, 4) is 0 Å². The van der Waals surface area contributed by atoms with Gasteiger partial charge in [0.25, 0.3) is 0 Å².